The van der Waals surface area contributed by atoms with Gasteiger partial charge in [0, 0.05) is 11.4 Å². The molecule has 0 radical (unpaired) electrons. The van der Waals surface area contributed by atoms with Gasteiger partial charge in [-0.3, -0.25) is 9.10 Å². The number of halogens is 1. The molecule has 0 bridgehead atoms. The van der Waals surface area contributed by atoms with Crippen LogP contribution in [-0.2, 0) is 30.8 Å². The van der Waals surface area contributed by atoms with E-state index in [1.54, 1.807) is 39.0 Å². The number of ketones is 1. The van der Waals surface area contributed by atoms with Gasteiger partial charge in [-0.25, -0.2) is 8.42 Å². The lowest BCUT2D eigenvalue weighted by atomic mass is 10.1. The smallest absolute Gasteiger partial charge is 0.310 e. The predicted molar refractivity (Wildman–Crippen MR) is 126 cm³/mol. The highest BCUT2D eigenvalue weighted by molar-refractivity contribution is 7.92. The number of anilines is 1. The SMILES string of the molecule is CC(=O)CC[C@H]1CN(S(=O)(=O)c2ccc(Cl)cc2)c2cc(CC(=O)OC(C)(C)C)ccc2O1. The molecule has 7 nitrogen and oxygen atoms in total. The fraction of sp³-hybridized carbons (Fsp3) is 0.417. The summed E-state index contributed by atoms with van der Waals surface area (Å²) in [5.41, 5.74) is 0.317. The summed E-state index contributed by atoms with van der Waals surface area (Å²) in [7, 11) is -3.94. The second-order valence-corrected chi connectivity index (χ2v) is 11.3. The first-order valence-corrected chi connectivity index (χ1v) is 12.5. The van der Waals surface area contributed by atoms with Crippen molar-refractivity contribution >= 4 is 39.1 Å². The van der Waals surface area contributed by atoms with Gasteiger partial charge in [-0.05, 0) is 76.1 Å². The Labute approximate surface area is 199 Å². The van der Waals surface area contributed by atoms with Crippen LogP contribution in [0.5, 0.6) is 5.75 Å². The zero-order valence-corrected chi connectivity index (χ0v) is 20.7. The van der Waals surface area contributed by atoms with Crippen LogP contribution < -0.4 is 9.04 Å². The Bertz CT molecular complexity index is 1140. The zero-order valence-electron chi connectivity index (χ0n) is 19.1. The van der Waals surface area contributed by atoms with Gasteiger partial charge in [-0.15, -0.1) is 0 Å². The molecule has 0 amide bonds. The van der Waals surface area contributed by atoms with Crippen molar-refractivity contribution in [3.05, 3.63) is 53.1 Å². The number of carbonyl (C=O) groups is 2. The number of ether oxygens (including phenoxy) is 2. The molecule has 0 N–H and O–H groups in total. The molecular formula is C24H28ClNO6S. The summed E-state index contributed by atoms with van der Waals surface area (Å²) in [6.45, 7) is 6.89. The molecule has 1 aliphatic heterocycles. The summed E-state index contributed by atoms with van der Waals surface area (Å²) in [4.78, 5) is 23.9. The van der Waals surface area contributed by atoms with Gasteiger partial charge in [0.15, 0.2) is 0 Å². The molecule has 9 heteroatoms. The van der Waals surface area contributed by atoms with E-state index < -0.39 is 27.7 Å². The van der Waals surface area contributed by atoms with Crippen molar-refractivity contribution in [1.29, 1.82) is 0 Å². The third-order valence-electron chi connectivity index (χ3n) is 4.94. The second kappa shape index (κ2) is 9.73. The molecule has 0 saturated heterocycles. The van der Waals surface area contributed by atoms with Gasteiger partial charge in [0.1, 0.15) is 23.2 Å². The lowest BCUT2D eigenvalue weighted by Gasteiger charge is -2.35. The van der Waals surface area contributed by atoms with Crippen molar-refractivity contribution in [1.82, 2.24) is 0 Å². The van der Waals surface area contributed by atoms with Crippen molar-refractivity contribution in [3.63, 3.8) is 0 Å². The standard InChI is InChI=1S/C24H28ClNO6S/c1-16(27)5-9-19-15-26(33(29,30)20-10-7-18(25)8-11-20)21-13-17(6-12-22(21)31-19)14-23(28)32-24(2,3)4/h6-8,10-13,19H,5,9,14-15H2,1-4H3/t19-/m0/s1. The number of fused-ring (bicyclic) bond motifs is 1. The van der Waals surface area contributed by atoms with Crippen molar-refractivity contribution in [3.8, 4) is 5.75 Å². The number of Topliss-reactive ketones (excluding diaryl/α,β-unsaturated/α-hetero) is 1. The molecule has 0 unspecified atom stereocenters. The third-order valence-corrected chi connectivity index (χ3v) is 6.99. The van der Waals surface area contributed by atoms with Crippen LogP contribution in [0.1, 0.15) is 46.1 Å². The molecule has 0 aliphatic carbocycles. The maximum atomic E-state index is 13.5. The molecule has 3 rings (SSSR count). The lowest BCUT2D eigenvalue weighted by molar-refractivity contribution is -0.153. The lowest BCUT2D eigenvalue weighted by Crippen LogP contribution is -2.43. The summed E-state index contributed by atoms with van der Waals surface area (Å²) in [5, 5.41) is 0.426. The third kappa shape index (κ3) is 6.48. The molecular weight excluding hydrogens is 466 g/mol. The van der Waals surface area contributed by atoms with Crippen molar-refractivity contribution in [2.45, 2.75) is 63.6 Å². The van der Waals surface area contributed by atoms with E-state index >= 15 is 0 Å². The van der Waals surface area contributed by atoms with E-state index in [0.717, 1.165) is 0 Å². The van der Waals surface area contributed by atoms with Gasteiger partial charge in [-0.2, -0.15) is 0 Å². The monoisotopic (exact) mass is 493 g/mol. The number of rotatable bonds is 7. The minimum absolute atomic E-state index is 0.00390. The number of carbonyl (C=O) groups excluding carboxylic acids is 2. The fourth-order valence-electron chi connectivity index (χ4n) is 3.49. The number of hydrogen-bond donors (Lipinski definition) is 0. The molecule has 1 atom stereocenters. The Morgan fingerprint density at radius 3 is 2.42 bits per heavy atom. The van der Waals surface area contributed by atoms with Crippen molar-refractivity contribution in [2.75, 3.05) is 10.8 Å². The average Bonchev–Trinajstić information content (AvgIpc) is 2.70. The van der Waals surface area contributed by atoms with Crippen LogP contribution in [0.3, 0.4) is 0 Å². The summed E-state index contributed by atoms with van der Waals surface area (Å²) in [5.74, 6) is -0.0323. The number of hydrogen-bond acceptors (Lipinski definition) is 6. The van der Waals surface area contributed by atoms with E-state index in [-0.39, 0.29) is 30.1 Å². The second-order valence-electron chi connectivity index (χ2n) is 9.04. The van der Waals surface area contributed by atoms with E-state index in [0.29, 0.717) is 28.4 Å². The quantitative estimate of drug-likeness (QED) is 0.525. The van der Waals surface area contributed by atoms with Crippen LogP contribution in [0.4, 0.5) is 5.69 Å². The number of sulfonamides is 1. The van der Waals surface area contributed by atoms with Gasteiger partial charge in [-0.1, -0.05) is 17.7 Å². The zero-order chi connectivity index (χ0) is 24.4. The molecule has 1 aliphatic rings. The first-order chi connectivity index (χ1) is 15.3. The highest BCUT2D eigenvalue weighted by atomic mass is 35.5. The molecule has 0 saturated carbocycles. The molecule has 2 aromatic carbocycles. The van der Waals surface area contributed by atoms with Crippen LogP contribution in [0.2, 0.25) is 5.02 Å². The number of benzene rings is 2. The summed E-state index contributed by atoms with van der Waals surface area (Å²) >= 11 is 5.93. The van der Waals surface area contributed by atoms with Gasteiger partial charge in [0.2, 0.25) is 0 Å². The summed E-state index contributed by atoms with van der Waals surface area (Å²) < 4.78 is 39.7. The molecule has 33 heavy (non-hydrogen) atoms. The Morgan fingerprint density at radius 2 is 1.82 bits per heavy atom. The van der Waals surface area contributed by atoms with Crippen LogP contribution in [0, 0.1) is 0 Å². The van der Waals surface area contributed by atoms with Crippen LogP contribution in [-0.4, -0.2) is 38.4 Å². The van der Waals surface area contributed by atoms with E-state index in [1.165, 1.54) is 35.5 Å². The van der Waals surface area contributed by atoms with Gasteiger partial charge >= 0.3 is 5.97 Å². The Morgan fingerprint density at radius 1 is 1.15 bits per heavy atom. The van der Waals surface area contributed by atoms with Crippen molar-refractivity contribution < 1.29 is 27.5 Å². The fourth-order valence-corrected chi connectivity index (χ4v) is 5.11. The van der Waals surface area contributed by atoms with E-state index in [2.05, 4.69) is 0 Å². The number of esters is 1. The Kier molecular flexibility index (Phi) is 7.39. The molecule has 2 aromatic rings. The summed E-state index contributed by atoms with van der Waals surface area (Å²) in [6, 6.07) is 10.9. The van der Waals surface area contributed by atoms with E-state index in [4.69, 9.17) is 21.1 Å². The summed E-state index contributed by atoms with van der Waals surface area (Å²) in [6.07, 6.45) is 0.181. The van der Waals surface area contributed by atoms with Gasteiger partial charge in [0.25, 0.3) is 10.0 Å². The van der Waals surface area contributed by atoms with E-state index in [1.807, 2.05) is 0 Å². The highest BCUT2D eigenvalue weighted by Crippen LogP contribution is 2.39. The largest absolute Gasteiger partial charge is 0.486 e. The molecule has 0 fully saturated rings. The molecule has 1 heterocycles. The predicted octanol–water partition coefficient (Wildman–Crippen LogP) is 4.55. The molecule has 178 valence electrons. The Hall–Kier alpha value is -2.58. The maximum absolute atomic E-state index is 13.5. The van der Waals surface area contributed by atoms with Gasteiger partial charge < -0.3 is 14.3 Å². The van der Waals surface area contributed by atoms with Gasteiger partial charge in [0.05, 0.1) is 23.5 Å². The van der Waals surface area contributed by atoms with Crippen LogP contribution >= 0.6 is 11.6 Å². The first kappa shape index (κ1) is 25.1. The Balaban J connectivity index is 1.97. The van der Waals surface area contributed by atoms with Crippen LogP contribution in [0.15, 0.2) is 47.4 Å². The highest BCUT2D eigenvalue weighted by Gasteiger charge is 2.35. The topological polar surface area (TPSA) is 90.0 Å². The van der Waals surface area contributed by atoms with E-state index in [9.17, 15) is 18.0 Å². The molecule has 0 aromatic heterocycles. The minimum atomic E-state index is -3.94. The normalized spacial score (nSPS) is 16.0. The van der Waals surface area contributed by atoms with Crippen molar-refractivity contribution in [2.24, 2.45) is 0 Å². The maximum Gasteiger partial charge on any atom is 0.310 e. The first-order valence-electron chi connectivity index (χ1n) is 10.6. The molecule has 0 spiro atoms. The number of nitrogens with zero attached hydrogens (tertiary/aromatic N) is 1. The van der Waals surface area contributed by atoms with Crippen LogP contribution in [0.25, 0.3) is 0 Å². The average molecular weight is 494 g/mol. The minimum Gasteiger partial charge on any atom is -0.486 e.